The second-order valence-corrected chi connectivity index (χ2v) is 2.74. The third-order valence-electron chi connectivity index (χ3n) is 1.70. The van der Waals surface area contributed by atoms with Gasteiger partial charge < -0.3 is 14.9 Å². The van der Waals surface area contributed by atoms with Crippen molar-refractivity contribution in [1.29, 1.82) is 0 Å². The lowest BCUT2D eigenvalue weighted by Crippen LogP contribution is -2.01. The van der Waals surface area contributed by atoms with Gasteiger partial charge in [-0.1, -0.05) is 0 Å². The average molecular weight is 192 g/mol. The van der Waals surface area contributed by atoms with E-state index in [4.69, 9.17) is 16.3 Å². The highest BCUT2D eigenvalue weighted by Crippen LogP contribution is 2.23. The molecular weight excluding hydrogens is 180 g/mol. The number of aliphatic hydroxyl groups is 1. The Morgan fingerprint density at radius 1 is 1.43 bits per heavy atom. The zero-order valence-corrected chi connectivity index (χ0v) is 7.73. The van der Waals surface area contributed by atoms with Gasteiger partial charge in [-0.05, 0) is 18.2 Å². The molecule has 1 aromatic carbocycles. The number of hydrogen-bond donors (Lipinski definition) is 2. The predicted octanol–water partition coefficient (Wildman–Crippen LogP) is 0.939. The SMILES string of the molecule is C#CCc1cc(OCCO)ccc1O. The van der Waals surface area contributed by atoms with Crippen LogP contribution in [-0.4, -0.2) is 23.4 Å². The molecule has 74 valence electrons. The number of benzene rings is 1. The van der Waals surface area contributed by atoms with Crippen LogP contribution in [0.2, 0.25) is 0 Å². The van der Waals surface area contributed by atoms with Crippen molar-refractivity contribution < 1.29 is 14.9 Å². The standard InChI is InChI=1S/C11H12O3/c1-2-3-9-8-10(14-7-6-12)4-5-11(9)13/h1,4-5,8,12-13H,3,6-7H2. The molecule has 0 bridgehead atoms. The third-order valence-corrected chi connectivity index (χ3v) is 1.70. The molecular formula is C11H12O3. The number of phenolic OH excluding ortho intramolecular Hbond substituents is 1. The molecule has 0 aliphatic rings. The quantitative estimate of drug-likeness (QED) is 0.698. The maximum Gasteiger partial charge on any atom is 0.120 e. The molecule has 0 unspecified atom stereocenters. The van der Waals surface area contributed by atoms with Crippen molar-refractivity contribution in [3.8, 4) is 23.8 Å². The summed E-state index contributed by atoms with van der Waals surface area (Å²) in [5.41, 5.74) is 0.655. The van der Waals surface area contributed by atoms with E-state index in [-0.39, 0.29) is 19.0 Å². The fourth-order valence-corrected chi connectivity index (χ4v) is 1.07. The number of hydrogen-bond acceptors (Lipinski definition) is 3. The maximum absolute atomic E-state index is 9.39. The van der Waals surface area contributed by atoms with Crippen LogP contribution in [0.3, 0.4) is 0 Å². The molecule has 3 heteroatoms. The number of terminal acetylenes is 1. The van der Waals surface area contributed by atoms with Crippen molar-refractivity contribution in [2.45, 2.75) is 6.42 Å². The smallest absolute Gasteiger partial charge is 0.120 e. The summed E-state index contributed by atoms with van der Waals surface area (Å²) in [6.45, 7) is 0.200. The molecule has 14 heavy (non-hydrogen) atoms. The van der Waals surface area contributed by atoms with E-state index in [1.807, 2.05) is 0 Å². The van der Waals surface area contributed by atoms with E-state index >= 15 is 0 Å². The first kappa shape index (κ1) is 10.4. The molecule has 0 aliphatic carbocycles. The topological polar surface area (TPSA) is 49.7 Å². The summed E-state index contributed by atoms with van der Waals surface area (Å²) in [7, 11) is 0. The lowest BCUT2D eigenvalue weighted by Gasteiger charge is -2.06. The average Bonchev–Trinajstić information content (AvgIpc) is 2.19. The molecule has 0 atom stereocenters. The summed E-state index contributed by atoms with van der Waals surface area (Å²) in [6.07, 6.45) is 5.50. The highest BCUT2D eigenvalue weighted by molar-refractivity contribution is 5.40. The van der Waals surface area contributed by atoms with Gasteiger partial charge in [0.2, 0.25) is 0 Å². The van der Waals surface area contributed by atoms with E-state index < -0.39 is 0 Å². The zero-order valence-electron chi connectivity index (χ0n) is 7.73. The predicted molar refractivity (Wildman–Crippen MR) is 53.2 cm³/mol. The Balaban J connectivity index is 2.79. The van der Waals surface area contributed by atoms with E-state index in [9.17, 15) is 5.11 Å². The van der Waals surface area contributed by atoms with Crippen molar-refractivity contribution in [3.05, 3.63) is 23.8 Å². The van der Waals surface area contributed by atoms with Gasteiger partial charge in [0.25, 0.3) is 0 Å². The molecule has 0 amide bonds. The molecule has 0 aromatic heterocycles. The third kappa shape index (κ3) is 2.68. The van der Waals surface area contributed by atoms with Crippen molar-refractivity contribution in [2.75, 3.05) is 13.2 Å². The molecule has 0 saturated carbocycles. The van der Waals surface area contributed by atoms with Crippen LogP contribution in [0, 0.1) is 12.3 Å². The molecule has 1 aromatic rings. The molecule has 0 radical (unpaired) electrons. The Labute approximate surface area is 83.0 Å². The lowest BCUT2D eigenvalue weighted by atomic mass is 10.1. The number of aliphatic hydroxyl groups excluding tert-OH is 1. The first-order valence-electron chi connectivity index (χ1n) is 4.27. The lowest BCUT2D eigenvalue weighted by molar-refractivity contribution is 0.201. The van der Waals surface area contributed by atoms with Crippen molar-refractivity contribution in [3.63, 3.8) is 0 Å². The first-order chi connectivity index (χ1) is 6.77. The minimum absolute atomic E-state index is 0.0364. The Bertz CT molecular complexity index is 339. The molecule has 0 aliphatic heterocycles. The van der Waals surface area contributed by atoms with Crippen LogP contribution in [0.25, 0.3) is 0 Å². The van der Waals surface area contributed by atoms with Gasteiger partial charge in [0.1, 0.15) is 18.1 Å². The van der Waals surface area contributed by atoms with Crippen LogP contribution in [0.5, 0.6) is 11.5 Å². The van der Waals surface area contributed by atoms with Gasteiger partial charge in [0, 0.05) is 12.0 Å². The molecule has 0 saturated heterocycles. The number of aromatic hydroxyl groups is 1. The molecule has 1 rings (SSSR count). The molecule has 0 fully saturated rings. The van der Waals surface area contributed by atoms with E-state index in [0.717, 1.165) is 0 Å². The Morgan fingerprint density at radius 3 is 2.86 bits per heavy atom. The van der Waals surface area contributed by atoms with Crippen molar-refractivity contribution >= 4 is 0 Å². The van der Waals surface area contributed by atoms with E-state index in [2.05, 4.69) is 5.92 Å². The van der Waals surface area contributed by atoms with Crippen molar-refractivity contribution in [2.24, 2.45) is 0 Å². The molecule has 2 N–H and O–H groups in total. The summed E-state index contributed by atoms with van der Waals surface area (Å²) in [5, 5.41) is 17.9. The van der Waals surface area contributed by atoms with E-state index in [0.29, 0.717) is 17.7 Å². The Kier molecular flexibility index (Phi) is 3.84. The Hall–Kier alpha value is -1.66. The van der Waals surface area contributed by atoms with Crippen LogP contribution in [0.1, 0.15) is 5.56 Å². The maximum atomic E-state index is 9.39. The second kappa shape index (κ2) is 5.15. The summed E-state index contributed by atoms with van der Waals surface area (Å²) in [4.78, 5) is 0. The van der Waals surface area contributed by atoms with Gasteiger partial charge >= 0.3 is 0 Å². The van der Waals surface area contributed by atoms with E-state index in [1.54, 1.807) is 12.1 Å². The van der Waals surface area contributed by atoms with E-state index in [1.165, 1.54) is 6.07 Å². The summed E-state index contributed by atoms with van der Waals surface area (Å²) >= 11 is 0. The zero-order chi connectivity index (χ0) is 10.4. The van der Waals surface area contributed by atoms with Crippen LogP contribution in [0.15, 0.2) is 18.2 Å². The first-order valence-corrected chi connectivity index (χ1v) is 4.27. The molecule has 3 nitrogen and oxygen atoms in total. The highest BCUT2D eigenvalue weighted by atomic mass is 16.5. The minimum atomic E-state index is -0.0364. The van der Waals surface area contributed by atoms with Gasteiger partial charge in [-0.3, -0.25) is 0 Å². The number of phenols is 1. The van der Waals surface area contributed by atoms with Crippen LogP contribution in [0.4, 0.5) is 0 Å². The fraction of sp³-hybridized carbons (Fsp3) is 0.273. The largest absolute Gasteiger partial charge is 0.508 e. The van der Waals surface area contributed by atoms with Crippen molar-refractivity contribution in [1.82, 2.24) is 0 Å². The molecule has 0 spiro atoms. The van der Waals surface area contributed by atoms with Crippen LogP contribution in [-0.2, 0) is 6.42 Å². The summed E-state index contributed by atoms with van der Waals surface area (Å²) in [5.74, 6) is 3.21. The number of rotatable bonds is 4. The monoisotopic (exact) mass is 192 g/mol. The van der Waals surface area contributed by atoms with Gasteiger partial charge in [0.15, 0.2) is 0 Å². The number of ether oxygens (including phenoxy) is 1. The van der Waals surface area contributed by atoms with Crippen LogP contribution < -0.4 is 4.74 Å². The summed E-state index contributed by atoms with van der Waals surface area (Å²) < 4.78 is 5.17. The normalized spacial score (nSPS) is 9.43. The highest BCUT2D eigenvalue weighted by Gasteiger charge is 2.01. The minimum Gasteiger partial charge on any atom is -0.508 e. The second-order valence-electron chi connectivity index (χ2n) is 2.74. The van der Waals surface area contributed by atoms with Gasteiger partial charge in [-0.25, -0.2) is 0 Å². The van der Waals surface area contributed by atoms with Crippen LogP contribution >= 0.6 is 0 Å². The van der Waals surface area contributed by atoms with Gasteiger partial charge in [-0.15, -0.1) is 12.3 Å². The Morgan fingerprint density at radius 2 is 2.21 bits per heavy atom. The van der Waals surface area contributed by atoms with Gasteiger partial charge in [-0.2, -0.15) is 0 Å². The fourth-order valence-electron chi connectivity index (χ4n) is 1.07. The van der Waals surface area contributed by atoms with Gasteiger partial charge in [0.05, 0.1) is 6.61 Å². The molecule has 0 heterocycles. The summed E-state index contributed by atoms with van der Waals surface area (Å²) in [6, 6.07) is 4.83.